The van der Waals surface area contributed by atoms with Gasteiger partial charge in [0.25, 0.3) is 5.91 Å². The Balaban J connectivity index is 1.95. The molecular weight excluding hydrogens is 359 g/mol. The monoisotopic (exact) mass is 379 g/mol. The molecule has 0 aliphatic rings. The van der Waals surface area contributed by atoms with Gasteiger partial charge in [0, 0.05) is 17.3 Å². The van der Waals surface area contributed by atoms with Gasteiger partial charge in [-0.05, 0) is 29.8 Å². The lowest BCUT2D eigenvalue weighted by Crippen LogP contribution is -2.33. The first-order valence-electron chi connectivity index (χ1n) is 8.24. The number of amides is 2. The van der Waals surface area contributed by atoms with Crippen LogP contribution in [0.4, 0.5) is 18.9 Å². The number of anilines is 1. The molecule has 2 atom stereocenters. The number of benzene rings is 2. The van der Waals surface area contributed by atoms with Crippen LogP contribution < -0.4 is 16.4 Å². The van der Waals surface area contributed by atoms with Gasteiger partial charge >= 0.3 is 6.18 Å². The van der Waals surface area contributed by atoms with Crippen LogP contribution in [0.2, 0.25) is 0 Å². The van der Waals surface area contributed by atoms with Gasteiger partial charge in [0.1, 0.15) is 6.54 Å². The van der Waals surface area contributed by atoms with Gasteiger partial charge in [-0.25, -0.2) is 0 Å². The second kappa shape index (κ2) is 8.68. The molecule has 0 spiro atoms. The molecule has 0 saturated carbocycles. The van der Waals surface area contributed by atoms with E-state index in [1.807, 2.05) is 30.3 Å². The first-order valence-corrected chi connectivity index (χ1v) is 8.24. The zero-order chi connectivity index (χ0) is 20.0. The fourth-order valence-corrected chi connectivity index (χ4v) is 2.37. The molecule has 2 rings (SSSR count). The molecule has 4 N–H and O–H groups in total. The Labute approximate surface area is 154 Å². The molecule has 8 heteroatoms. The molecular formula is C19H20F3N3O2. The average Bonchev–Trinajstić information content (AvgIpc) is 2.65. The van der Waals surface area contributed by atoms with Gasteiger partial charge in [0.05, 0.1) is 5.92 Å². The highest BCUT2D eigenvalue weighted by Crippen LogP contribution is 2.21. The van der Waals surface area contributed by atoms with Crippen LogP contribution in [0, 0.1) is 5.92 Å². The molecule has 5 nitrogen and oxygen atoms in total. The van der Waals surface area contributed by atoms with E-state index in [4.69, 9.17) is 5.73 Å². The lowest BCUT2D eigenvalue weighted by atomic mass is 9.94. The first kappa shape index (κ1) is 20.4. The molecule has 0 aromatic heterocycles. The lowest BCUT2D eigenvalue weighted by Gasteiger charge is -2.20. The Hall–Kier alpha value is -2.87. The Bertz CT molecular complexity index is 777. The second-order valence-corrected chi connectivity index (χ2v) is 6.09. The second-order valence-electron chi connectivity index (χ2n) is 6.09. The maximum atomic E-state index is 12.4. The first-order chi connectivity index (χ1) is 12.7. The quantitative estimate of drug-likeness (QED) is 0.720. The number of rotatable bonds is 6. The number of nitrogens with two attached hydrogens (primary N) is 1. The third-order valence-corrected chi connectivity index (χ3v) is 4.00. The van der Waals surface area contributed by atoms with Gasteiger partial charge in [-0.3, -0.25) is 9.59 Å². The van der Waals surface area contributed by atoms with Gasteiger partial charge in [0.2, 0.25) is 5.91 Å². The van der Waals surface area contributed by atoms with Crippen LogP contribution in [-0.2, 0) is 4.79 Å². The number of carbonyl (C=O) groups excluding carboxylic acids is 2. The van der Waals surface area contributed by atoms with E-state index in [0.29, 0.717) is 5.69 Å². The lowest BCUT2D eigenvalue weighted by molar-refractivity contribution is -0.123. The van der Waals surface area contributed by atoms with Gasteiger partial charge in [-0.1, -0.05) is 37.3 Å². The molecule has 0 aliphatic carbocycles. The minimum absolute atomic E-state index is 0.0614. The summed E-state index contributed by atoms with van der Waals surface area (Å²) in [5, 5.41) is 4.47. The van der Waals surface area contributed by atoms with Gasteiger partial charge in [-0.2, -0.15) is 13.2 Å². The van der Waals surface area contributed by atoms with Crippen molar-refractivity contribution in [2.75, 3.05) is 11.9 Å². The van der Waals surface area contributed by atoms with Crippen LogP contribution in [0.3, 0.4) is 0 Å². The Morgan fingerprint density at radius 2 is 1.63 bits per heavy atom. The minimum atomic E-state index is -4.47. The zero-order valence-corrected chi connectivity index (χ0v) is 14.6. The molecule has 0 bridgehead atoms. The van der Waals surface area contributed by atoms with E-state index < -0.39 is 30.6 Å². The summed E-state index contributed by atoms with van der Waals surface area (Å²) in [5.41, 5.74) is 7.43. The van der Waals surface area contributed by atoms with Crippen LogP contribution in [0.15, 0.2) is 54.6 Å². The summed E-state index contributed by atoms with van der Waals surface area (Å²) in [6.07, 6.45) is -4.47. The fourth-order valence-electron chi connectivity index (χ4n) is 2.37. The summed E-state index contributed by atoms with van der Waals surface area (Å²) >= 11 is 0. The van der Waals surface area contributed by atoms with Gasteiger partial charge in [0.15, 0.2) is 0 Å². The molecule has 0 aliphatic heterocycles. The molecule has 2 unspecified atom stereocenters. The van der Waals surface area contributed by atoms with Crippen molar-refractivity contribution in [2.24, 2.45) is 11.7 Å². The Kier molecular flexibility index (Phi) is 6.57. The van der Waals surface area contributed by atoms with Crippen molar-refractivity contribution in [1.29, 1.82) is 0 Å². The smallest absolute Gasteiger partial charge is 0.343 e. The van der Waals surface area contributed by atoms with E-state index in [1.54, 1.807) is 12.2 Å². The summed E-state index contributed by atoms with van der Waals surface area (Å²) in [4.78, 5) is 24.0. The third kappa shape index (κ3) is 6.10. The number of hydrogen-bond acceptors (Lipinski definition) is 3. The normalized spacial score (nSPS) is 13.5. The molecule has 0 radical (unpaired) electrons. The summed E-state index contributed by atoms with van der Waals surface area (Å²) in [6.45, 7) is 0.297. The maximum absolute atomic E-state index is 12.4. The summed E-state index contributed by atoms with van der Waals surface area (Å²) in [6, 6.07) is 14.3. The molecule has 0 fully saturated rings. The van der Waals surface area contributed by atoms with E-state index >= 15 is 0 Å². The van der Waals surface area contributed by atoms with Crippen molar-refractivity contribution in [3.05, 3.63) is 65.7 Å². The molecule has 2 aromatic rings. The highest BCUT2D eigenvalue weighted by atomic mass is 19.4. The van der Waals surface area contributed by atoms with Crippen molar-refractivity contribution < 1.29 is 22.8 Å². The largest absolute Gasteiger partial charge is 0.405 e. The van der Waals surface area contributed by atoms with Crippen molar-refractivity contribution in [3.63, 3.8) is 0 Å². The number of hydrogen-bond donors (Lipinski definition) is 3. The van der Waals surface area contributed by atoms with Crippen LogP contribution in [0.1, 0.15) is 28.9 Å². The maximum Gasteiger partial charge on any atom is 0.405 e. The van der Waals surface area contributed by atoms with Crippen molar-refractivity contribution in [1.82, 2.24) is 5.32 Å². The fraction of sp³-hybridized carbons (Fsp3) is 0.263. The van der Waals surface area contributed by atoms with Crippen molar-refractivity contribution >= 4 is 17.5 Å². The zero-order valence-electron chi connectivity index (χ0n) is 14.6. The molecule has 0 saturated heterocycles. The summed E-state index contributed by atoms with van der Waals surface area (Å²) in [5.74, 6) is -1.66. The molecule has 27 heavy (non-hydrogen) atoms. The van der Waals surface area contributed by atoms with Crippen LogP contribution in [-0.4, -0.2) is 24.5 Å². The number of carbonyl (C=O) groups is 2. The number of nitrogens with one attached hydrogen (secondary N) is 2. The van der Waals surface area contributed by atoms with E-state index in [9.17, 15) is 22.8 Å². The van der Waals surface area contributed by atoms with Gasteiger partial charge in [-0.15, -0.1) is 0 Å². The highest BCUT2D eigenvalue weighted by molar-refractivity contribution is 5.96. The van der Waals surface area contributed by atoms with Crippen LogP contribution in [0.25, 0.3) is 0 Å². The van der Waals surface area contributed by atoms with E-state index in [2.05, 4.69) is 5.32 Å². The topological polar surface area (TPSA) is 84.2 Å². The number of halogens is 3. The molecule has 144 valence electrons. The molecule has 2 aromatic carbocycles. The Morgan fingerprint density at radius 1 is 1.04 bits per heavy atom. The predicted octanol–water partition coefficient (Wildman–Crippen LogP) is 3.25. The standard InChI is InChI=1S/C19H20F3N3O2/c1-12(16(23)13-5-3-2-4-6-13)17(26)25-15-9-7-14(8-10-15)18(27)24-11-19(20,21)22/h2-10,12,16H,11,23H2,1H3,(H,24,27)(H,25,26). The molecule has 2 amide bonds. The van der Waals surface area contributed by atoms with E-state index in [1.165, 1.54) is 24.3 Å². The molecule has 0 heterocycles. The third-order valence-electron chi connectivity index (χ3n) is 4.00. The van der Waals surface area contributed by atoms with E-state index in [0.717, 1.165) is 5.56 Å². The highest BCUT2D eigenvalue weighted by Gasteiger charge is 2.28. The van der Waals surface area contributed by atoms with Gasteiger partial charge < -0.3 is 16.4 Å². The SMILES string of the molecule is CC(C(=O)Nc1ccc(C(=O)NCC(F)(F)F)cc1)C(N)c1ccccc1. The summed E-state index contributed by atoms with van der Waals surface area (Å²) in [7, 11) is 0. The predicted molar refractivity (Wildman–Crippen MR) is 96.0 cm³/mol. The summed E-state index contributed by atoms with van der Waals surface area (Å²) < 4.78 is 36.4. The Morgan fingerprint density at radius 3 is 2.19 bits per heavy atom. The average molecular weight is 379 g/mol. The van der Waals surface area contributed by atoms with Crippen LogP contribution in [0.5, 0.6) is 0 Å². The number of alkyl halides is 3. The van der Waals surface area contributed by atoms with Crippen molar-refractivity contribution in [3.8, 4) is 0 Å². The van der Waals surface area contributed by atoms with Crippen molar-refractivity contribution in [2.45, 2.75) is 19.1 Å². The van der Waals surface area contributed by atoms with Crippen LogP contribution >= 0.6 is 0 Å². The van der Waals surface area contributed by atoms with E-state index in [-0.39, 0.29) is 11.5 Å². The minimum Gasteiger partial charge on any atom is -0.343 e.